The molecule has 2 N–H and O–H groups in total. The number of hydrogen-bond acceptors (Lipinski definition) is 6. The number of carbonyl (C=O) groups excluding carboxylic acids is 3. The van der Waals surface area contributed by atoms with Gasteiger partial charge in [-0.3, -0.25) is 14.4 Å². The Hall–Kier alpha value is -3.19. The van der Waals surface area contributed by atoms with Gasteiger partial charge in [0.05, 0.1) is 13.2 Å². The number of rotatable bonds is 17. The number of esters is 1. The van der Waals surface area contributed by atoms with E-state index in [1.54, 1.807) is 55.6 Å². The average Bonchev–Trinajstić information content (AvgIpc) is 2.87. The molecule has 0 bridgehead atoms. The van der Waals surface area contributed by atoms with E-state index in [1.165, 1.54) is 0 Å². The highest BCUT2D eigenvalue weighted by Crippen LogP contribution is 2.19. The number of aliphatic hydroxyl groups is 1. The van der Waals surface area contributed by atoms with Crippen LogP contribution in [-0.4, -0.2) is 42.1 Å². The number of unbranched alkanes of at least 4 members (excludes halogenated alkanes) is 4. The van der Waals surface area contributed by atoms with E-state index in [2.05, 4.69) is 12.2 Å². The molecule has 0 aromatic heterocycles. The second-order valence-corrected chi connectivity index (χ2v) is 8.99. The van der Waals surface area contributed by atoms with Crippen LogP contribution in [0.15, 0.2) is 54.6 Å². The number of Topliss-reactive ketones (excluding diaryl/α,β-unsaturated/α-hetero) is 1. The third kappa shape index (κ3) is 11.5. The van der Waals surface area contributed by atoms with Crippen molar-refractivity contribution in [2.75, 3.05) is 12.4 Å². The van der Waals surface area contributed by atoms with Crippen molar-refractivity contribution in [3.63, 3.8) is 0 Å². The van der Waals surface area contributed by atoms with Gasteiger partial charge < -0.3 is 19.9 Å². The largest absolute Gasteiger partial charge is 0.497 e. The molecule has 7 nitrogen and oxygen atoms in total. The molecule has 2 rings (SSSR count). The fourth-order valence-corrected chi connectivity index (χ4v) is 3.91. The second-order valence-electron chi connectivity index (χ2n) is 8.99. The summed E-state index contributed by atoms with van der Waals surface area (Å²) in [6, 6.07) is 15.7. The van der Waals surface area contributed by atoms with Crippen LogP contribution in [0.25, 0.3) is 0 Å². The Morgan fingerprint density at radius 3 is 2.25 bits per heavy atom. The first kappa shape index (κ1) is 29.0. The van der Waals surface area contributed by atoms with Crippen LogP contribution in [0.4, 0.5) is 5.69 Å². The third-order valence-corrected chi connectivity index (χ3v) is 5.95. The van der Waals surface area contributed by atoms with Crippen molar-refractivity contribution in [3.8, 4) is 5.75 Å². The number of ether oxygens (including phenoxy) is 2. The van der Waals surface area contributed by atoms with E-state index < -0.39 is 24.1 Å². The minimum Gasteiger partial charge on any atom is -0.497 e. The molecule has 0 heterocycles. The molecule has 0 aliphatic carbocycles. The predicted molar refractivity (Wildman–Crippen MR) is 140 cm³/mol. The lowest BCUT2D eigenvalue weighted by atomic mass is 9.99. The molecule has 0 radical (unpaired) electrons. The lowest BCUT2D eigenvalue weighted by molar-refractivity contribution is -0.151. The summed E-state index contributed by atoms with van der Waals surface area (Å²) >= 11 is 0. The summed E-state index contributed by atoms with van der Waals surface area (Å²) in [4.78, 5) is 37.1. The summed E-state index contributed by atoms with van der Waals surface area (Å²) in [7, 11) is 1.56. The zero-order valence-electron chi connectivity index (χ0n) is 21.4. The van der Waals surface area contributed by atoms with Gasteiger partial charge in [-0.1, -0.05) is 50.8 Å². The highest BCUT2D eigenvalue weighted by molar-refractivity contribution is 6.01. The number of benzene rings is 2. The number of methoxy groups -OCH3 is 1. The number of ketones is 1. The maximum Gasteiger partial charge on any atom is 0.315 e. The Balaban J connectivity index is 1.84. The van der Waals surface area contributed by atoms with E-state index in [4.69, 9.17) is 9.47 Å². The number of para-hydroxylation sites is 1. The van der Waals surface area contributed by atoms with Gasteiger partial charge >= 0.3 is 5.97 Å². The zero-order valence-corrected chi connectivity index (χ0v) is 21.4. The smallest absolute Gasteiger partial charge is 0.315 e. The molecule has 1 amide bonds. The molecule has 0 aliphatic heterocycles. The number of amides is 1. The molecule has 0 fully saturated rings. The number of carbonyl (C=O) groups is 3. The first-order valence-corrected chi connectivity index (χ1v) is 12.8. The second kappa shape index (κ2) is 16.5. The number of anilines is 1. The van der Waals surface area contributed by atoms with Crippen LogP contribution < -0.4 is 10.1 Å². The van der Waals surface area contributed by atoms with Gasteiger partial charge in [-0.2, -0.15) is 0 Å². The monoisotopic (exact) mass is 497 g/mol. The van der Waals surface area contributed by atoms with Crippen molar-refractivity contribution >= 4 is 23.3 Å². The highest BCUT2D eigenvalue weighted by Gasteiger charge is 2.20. The summed E-state index contributed by atoms with van der Waals surface area (Å²) in [5.74, 6) is -0.521. The Kier molecular flexibility index (Phi) is 13.3. The van der Waals surface area contributed by atoms with Crippen LogP contribution >= 0.6 is 0 Å². The summed E-state index contributed by atoms with van der Waals surface area (Å²) in [6.07, 6.45) is 5.13. The van der Waals surface area contributed by atoms with Crippen LogP contribution in [0.2, 0.25) is 0 Å². The van der Waals surface area contributed by atoms with E-state index in [0.29, 0.717) is 36.3 Å². The summed E-state index contributed by atoms with van der Waals surface area (Å²) in [6.45, 7) is 2.15. The van der Waals surface area contributed by atoms with Crippen molar-refractivity contribution in [2.24, 2.45) is 0 Å². The molecule has 0 aliphatic rings. The Morgan fingerprint density at radius 2 is 1.58 bits per heavy atom. The molecule has 196 valence electrons. The Bertz CT molecular complexity index is 929. The molecule has 2 aromatic carbocycles. The topological polar surface area (TPSA) is 102 Å². The molecular weight excluding hydrogens is 458 g/mol. The molecule has 0 spiro atoms. The standard InChI is InChI=1S/C29H39NO6/c1-3-4-5-6-10-13-26(36-29(34)21-28(33)30-23-11-8-7-9-12-23)19-16-24(31)20-27(32)22-14-17-25(35-2)18-15-22/h7-9,11-12,14-15,17-18,24,26,31H,3-6,10,13,16,19-21H2,1-2H3,(H,30,33). The van der Waals surface area contributed by atoms with Crippen molar-refractivity contribution in [2.45, 2.75) is 83.3 Å². The molecule has 7 heteroatoms. The minimum atomic E-state index is -0.845. The first-order chi connectivity index (χ1) is 17.4. The van der Waals surface area contributed by atoms with Crippen molar-refractivity contribution in [3.05, 3.63) is 60.2 Å². The minimum absolute atomic E-state index is 0.0109. The van der Waals surface area contributed by atoms with E-state index >= 15 is 0 Å². The van der Waals surface area contributed by atoms with Gasteiger partial charge in [0.25, 0.3) is 0 Å². The summed E-state index contributed by atoms with van der Waals surface area (Å²) in [5.41, 5.74) is 1.13. The SMILES string of the molecule is CCCCCCCC(CCC(O)CC(=O)c1ccc(OC)cc1)OC(=O)CC(=O)Nc1ccccc1. The van der Waals surface area contributed by atoms with Crippen LogP contribution in [0, 0.1) is 0 Å². The van der Waals surface area contributed by atoms with Gasteiger partial charge in [0.2, 0.25) is 5.91 Å². The Morgan fingerprint density at radius 1 is 0.889 bits per heavy atom. The van der Waals surface area contributed by atoms with Crippen LogP contribution in [0.1, 0.15) is 81.5 Å². The number of nitrogens with one attached hydrogen (secondary N) is 1. The van der Waals surface area contributed by atoms with Gasteiger partial charge in [0.1, 0.15) is 18.3 Å². The van der Waals surface area contributed by atoms with Gasteiger partial charge in [0, 0.05) is 17.7 Å². The van der Waals surface area contributed by atoms with Crippen LogP contribution in [0.3, 0.4) is 0 Å². The fraction of sp³-hybridized carbons (Fsp3) is 0.483. The fourth-order valence-electron chi connectivity index (χ4n) is 3.91. The summed E-state index contributed by atoms with van der Waals surface area (Å²) < 4.78 is 10.7. The highest BCUT2D eigenvalue weighted by atomic mass is 16.5. The van der Waals surface area contributed by atoms with Gasteiger partial charge in [-0.25, -0.2) is 0 Å². The molecule has 2 unspecified atom stereocenters. The van der Waals surface area contributed by atoms with Crippen LogP contribution in [0.5, 0.6) is 5.75 Å². The van der Waals surface area contributed by atoms with Gasteiger partial charge in [-0.05, 0) is 62.1 Å². The van der Waals surface area contributed by atoms with E-state index in [1.807, 2.05) is 6.07 Å². The van der Waals surface area contributed by atoms with Crippen molar-refractivity contribution < 1.29 is 29.0 Å². The number of hydrogen-bond donors (Lipinski definition) is 2. The average molecular weight is 498 g/mol. The van der Waals surface area contributed by atoms with E-state index in [-0.39, 0.29) is 18.6 Å². The molecule has 0 saturated heterocycles. The van der Waals surface area contributed by atoms with E-state index in [9.17, 15) is 19.5 Å². The Labute approximate surface area is 214 Å². The molecule has 36 heavy (non-hydrogen) atoms. The normalized spacial score (nSPS) is 12.4. The predicted octanol–water partition coefficient (Wildman–Crippen LogP) is 5.71. The zero-order chi connectivity index (χ0) is 26.2. The quantitative estimate of drug-likeness (QED) is 0.126. The number of aliphatic hydroxyl groups excluding tert-OH is 1. The lowest BCUT2D eigenvalue weighted by Crippen LogP contribution is -2.25. The summed E-state index contributed by atoms with van der Waals surface area (Å²) in [5, 5.41) is 13.1. The molecule has 0 saturated carbocycles. The van der Waals surface area contributed by atoms with Crippen molar-refractivity contribution in [1.82, 2.24) is 0 Å². The van der Waals surface area contributed by atoms with Gasteiger partial charge in [0.15, 0.2) is 5.78 Å². The maximum atomic E-state index is 12.5. The molecule has 2 aromatic rings. The van der Waals surface area contributed by atoms with Crippen LogP contribution in [-0.2, 0) is 14.3 Å². The van der Waals surface area contributed by atoms with E-state index in [0.717, 1.165) is 32.1 Å². The van der Waals surface area contributed by atoms with Crippen molar-refractivity contribution in [1.29, 1.82) is 0 Å². The first-order valence-electron chi connectivity index (χ1n) is 12.8. The lowest BCUT2D eigenvalue weighted by Gasteiger charge is -2.20. The molecule has 2 atom stereocenters. The van der Waals surface area contributed by atoms with Gasteiger partial charge in [-0.15, -0.1) is 0 Å². The third-order valence-electron chi connectivity index (χ3n) is 5.95. The maximum absolute atomic E-state index is 12.5. The molecular formula is C29H39NO6.